The fraction of sp³-hybridized carbons (Fsp3) is 0.478. The Hall–Kier alpha value is -2.68. The number of alkyl halides is 3. The molecule has 1 fully saturated rings. The molecule has 1 aromatic carbocycles. The zero-order chi connectivity index (χ0) is 23.6. The van der Waals surface area contributed by atoms with Crippen molar-refractivity contribution < 1.29 is 22.7 Å². The van der Waals surface area contributed by atoms with E-state index in [4.69, 9.17) is 16.3 Å². The third kappa shape index (κ3) is 5.63. The quantitative estimate of drug-likeness (QED) is 0.333. The Balaban J connectivity index is 1.24. The molecule has 2 heterocycles. The van der Waals surface area contributed by atoms with E-state index >= 15 is 0 Å². The molecule has 33 heavy (non-hydrogen) atoms. The number of hydrogen-bond acceptors (Lipinski definition) is 5. The first-order valence-electron chi connectivity index (χ1n) is 10.9. The van der Waals surface area contributed by atoms with Gasteiger partial charge in [-0.2, -0.15) is 18.2 Å². The summed E-state index contributed by atoms with van der Waals surface area (Å²) in [5.74, 6) is -0.134. The monoisotopic (exact) mass is 480 g/mol. The fourth-order valence-electron chi connectivity index (χ4n) is 4.31. The van der Waals surface area contributed by atoms with Gasteiger partial charge in [-0.05, 0) is 68.2 Å². The maximum absolute atomic E-state index is 12.8. The molecule has 176 valence electrons. The van der Waals surface area contributed by atoms with Gasteiger partial charge in [-0.3, -0.25) is 4.79 Å². The second kappa shape index (κ2) is 9.67. The predicted octanol–water partition coefficient (Wildman–Crippen LogP) is 5.71. The van der Waals surface area contributed by atoms with Crippen LogP contribution in [0.1, 0.15) is 55.0 Å². The van der Waals surface area contributed by atoms with Crippen LogP contribution in [0.25, 0.3) is 11.2 Å². The van der Waals surface area contributed by atoms with Crippen LogP contribution in [0, 0.1) is 12.8 Å². The van der Waals surface area contributed by atoms with Gasteiger partial charge in [0.15, 0.2) is 5.65 Å². The van der Waals surface area contributed by atoms with E-state index in [0.29, 0.717) is 12.2 Å². The van der Waals surface area contributed by atoms with Crippen LogP contribution in [-0.4, -0.2) is 32.1 Å². The Morgan fingerprint density at radius 2 is 1.97 bits per heavy atom. The number of carbonyl (C=O) groups excluding carboxylic acids is 1. The van der Waals surface area contributed by atoms with Gasteiger partial charge < -0.3 is 9.30 Å². The predicted molar refractivity (Wildman–Crippen MR) is 117 cm³/mol. The molecule has 0 saturated heterocycles. The highest BCUT2D eigenvalue weighted by atomic mass is 35.5. The van der Waals surface area contributed by atoms with E-state index < -0.39 is 17.7 Å². The zero-order valence-electron chi connectivity index (χ0n) is 18.1. The number of hydrogen-bond donors (Lipinski definition) is 0. The Morgan fingerprint density at radius 3 is 2.70 bits per heavy atom. The van der Waals surface area contributed by atoms with Gasteiger partial charge >= 0.3 is 12.1 Å². The normalized spacial score (nSPS) is 19.1. The van der Waals surface area contributed by atoms with Crippen LogP contribution in [0.3, 0.4) is 0 Å². The summed E-state index contributed by atoms with van der Waals surface area (Å²) in [6.07, 6.45) is 1.24. The highest BCUT2D eigenvalue weighted by Crippen LogP contribution is 2.34. The number of benzene rings is 1. The molecule has 0 spiro atoms. The molecule has 2 aromatic heterocycles. The number of nitrogens with zero attached hydrogens (tertiary/aromatic N) is 4. The molecule has 1 aliphatic carbocycles. The summed E-state index contributed by atoms with van der Waals surface area (Å²) in [6.45, 7) is 2.18. The molecule has 0 N–H and O–H groups in total. The molecular formula is C23H24ClF3N4O2. The number of carbonyl (C=O) groups is 1. The van der Waals surface area contributed by atoms with E-state index in [1.165, 1.54) is 6.07 Å². The van der Waals surface area contributed by atoms with Crippen LogP contribution < -0.4 is 0 Å². The van der Waals surface area contributed by atoms with E-state index in [2.05, 4.69) is 15.0 Å². The van der Waals surface area contributed by atoms with Crippen molar-refractivity contribution in [3.8, 4) is 0 Å². The van der Waals surface area contributed by atoms with Gasteiger partial charge in [0.25, 0.3) is 0 Å². The highest BCUT2D eigenvalue weighted by Gasteiger charge is 2.30. The lowest BCUT2D eigenvalue weighted by atomic mass is 9.86. The Bertz CT molecular complexity index is 1140. The van der Waals surface area contributed by atoms with Gasteiger partial charge in [0.1, 0.15) is 5.52 Å². The molecule has 4 rings (SSSR count). The molecule has 0 unspecified atom stereocenters. The van der Waals surface area contributed by atoms with Crippen LogP contribution in [0.5, 0.6) is 0 Å². The molecule has 0 atom stereocenters. The maximum atomic E-state index is 12.8. The van der Waals surface area contributed by atoms with Crippen molar-refractivity contribution in [2.75, 3.05) is 6.61 Å². The van der Waals surface area contributed by atoms with Crippen LogP contribution in [0.2, 0.25) is 5.28 Å². The van der Waals surface area contributed by atoms with Crippen molar-refractivity contribution in [1.82, 2.24) is 19.5 Å². The lowest BCUT2D eigenvalue weighted by Crippen LogP contribution is -2.22. The number of ether oxygens (including phenoxy) is 1. The van der Waals surface area contributed by atoms with Crippen molar-refractivity contribution in [1.29, 1.82) is 0 Å². The summed E-state index contributed by atoms with van der Waals surface area (Å²) in [5.41, 5.74) is 1.98. The van der Waals surface area contributed by atoms with Crippen LogP contribution in [-0.2, 0) is 22.1 Å². The highest BCUT2D eigenvalue weighted by molar-refractivity contribution is 6.28. The SMILES string of the molecule is Cc1nc(Cl)nc2c1ncn2C1CCC(COC(=O)CCc2cccc(C(F)(F)F)c2)CC1. The van der Waals surface area contributed by atoms with Crippen molar-refractivity contribution in [2.45, 2.75) is 57.7 Å². The first-order chi connectivity index (χ1) is 15.7. The van der Waals surface area contributed by atoms with E-state index in [1.54, 1.807) is 12.4 Å². The van der Waals surface area contributed by atoms with Crippen molar-refractivity contribution in [3.63, 3.8) is 0 Å². The largest absolute Gasteiger partial charge is 0.465 e. The second-order valence-electron chi connectivity index (χ2n) is 8.46. The first-order valence-corrected chi connectivity index (χ1v) is 11.3. The van der Waals surface area contributed by atoms with Crippen LogP contribution in [0.4, 0.5) is 13.2 Å². The molecule has 3 aromatic rings. The molecule has 0 bridgehead atoms. The van der Waals surface area contributed by atoms with Crippen LogP contribution in [0.15, 0.2) is 30.6 Å². The lowest BCUT2D eigenvalue weighted by Gasteiger charge is -2.29. The van der Waals surface area contributed by atoms with E-state index in [-0.39, 0.29) is 30.1 Å². The minimum absolute atomic E-state index is 0.0531. The zero-order valence-corrected chi connectivity index (χ0v) is 18.9. The Labute approximate surface area is 194 Å². The number of rotatable bonds is 6. The summed E-state index contributed by atoms with van der Waals surface area (Å²) in [6, 6.07) is 5.28. The van der Waals surface area contributed by atoms with Crippen LogP contribution >= 0.6 is 11.6 Å². The number of aromatic nitrogens is 4. The molecule has 1 saturated carbocycles. The Morgan fingerprint density at radius 1 is 1.21 bits per heavy atom. The average molecular weight is 481 g/mol. The Kier molecular flexibility index (Phi) is 6.88. The van der Waals surface area contributed by atoms with Crippen molar-refractivity contribution in [3.05, 3.63) is 52.7 Å². The molecule has 1 aliphatic rings. The van der Waals surface area contributed by atoms with Gasteiger partial charge in [0.2, 0.25) is 5.28 Å². The standard InChI is InChI=1S/C23H24ClF3N4O2/c1-14-20-21(30-22(24)29-14)31(13-28-20)18-8-5-16(6-9-18)12-33-19(32)10-7-15-3-2-4-17(11-15)23(25,26)27/h2-4,11,13,16,18H,5-10,12H2,1H3. The lowest BCUT2D eigenvalue weighted by molar-refractivity contribution is -0.145. The molecule has 0 aliphatic heterocycles. The fourth-order valence-corrected chi connectivity index (χ4v) is 4.52. The molecular weight excluding hydrogens is 457 g/mol. The summed E-state index contributed by atoms with van der Waals surface area (Å²) in [5, 5.41) is 0.201. The van der Waals surface area contributed by atoms with Gasteiger partial charge in [0, 0.05) is 12.5 Å². The number of esters is 1. The van der Waals surface area contributed by atoms with E-state index in [9.17, 15) is 18.0 Å². The molecule has 0 amide bonds. The minimum atomic E-state index is -4.39. The molecule has 10 heteroatoms. The van der Waals surface area contributed by atoms with E-state index in [1.807, 2.05) is 11.5 Å². The van der Waals surface area contributed by atoms with Gasteiger partial charge in [-0.1, -0.05) is 18.2 Å². The van der Waals surface area contributed by atoms with Gasteiger partial charge in [-0.15, -0.1) is 0 Å². The van der Waals surface area contributed by atoms with Gasteiger partial charge in [0.05, 0.1) is 24.2 Å². The van der Waals surface area contributed by atoms with Gasteiger partial charge in [-0.25, -0.2) is 9.97 Å². The smallest absolute Gasteiger partial charge is 0.416 e. The first kappa shape index (κ1) is 23.5. The molecule has 6 nitrogen and oxygen atoms in total. The summed E-state index contributed by atoms with van der Waals surface area (Å²) >= 11 is 6.02. The minimum Gasteiger partial charge on any atom is -0.465 e. The van der Waals surface area contributed by atoms with E-state index in [0.717, 1.165) is 54.7 Å². The summed E-state index contributed by atoms with van der Waals surface area (Å²) in [4.78, 5) is 25.0. The topological polar surface area (TPSA) is 69.9 Å². The number of halogens is 4. The average Bonchev–Trinajstić information content (AvgIpc) is 3.20. The van der Waals surface area contributed by atoms with Crippen molar-refractivity contribution >= 4 is 28.7 Å². The number of imidazole rings is 1. The summed E-state index contributed by atoms with van der Waals surface area (Å²) < 4.78 is 45.9. The number of fused-ring (bicyclic) bond motifs is 1. The second-order valence-corrected chi connectivity index (χ2v) is 8.80. The third-order valence-corrected chi connectivity index (χ3v) is 6.30. The van der Waals surface area contributed by atoms with Crippen molar-refractivity contribution in [2.24, 2.45) is 5.92 Å². The number of aryl methyl sites for hydroxylation is 2. The molecule has 0 radical (unpaired) electrons. The maximum Gasteiger partial charge on any atom is 0.416 e. The summed E-state index contributed by atoms with van der Waals surface area (Å²) in [7, 11) is 0. The third-order valence-electron chi connectivity index (χ3n) is 6.13.